The van der Waals surface area contributed by atoms with Gasteiger partial charge in [0.1, 0.15) is 12.7 Å². The Labute approximate surface area is 274 Å². The first-order chi connectivity index (χ1) is 20.3. The molecule has 5 aromatic heterocycles. The van der Waals surface area contributed by atoms with Crippen molar-refractivity contribution in [3.63, 3.8) is 0 Å². The van der Waals surface area contributed by atoms with Gasteiger partial charge in [0, 0.05) is 54.1 Å². The summed E-state index contributed by atoms with van der Waals surface area (Å²) in [5.41, 5.74) is 18.7. The smallest absolute Gasteiger partial charge is 0.100 e. The van der Waals surface area contributed by atoms with Crippen molar-refractivity contribution in [3.05, 3.63) is 122 Å². The third-order valence-corrected chi connectivity index (χ3v) is 7.49. The standard InChI is InChI=1S/2C12H9BrN4.C5H3Br2N/c13-8-3-10(6-15-5-8)17-7-16-11-4-9(14)1-2-12(11)17;13-8-3-10(6-15-5-8)17-7-16-11-2-1-9(14)4-12(11)17;6-4-1-5(7)3-8-2-4/h2*1-7H,14H2;1-3H. The number of rotatable bonds is 2. The van der Waals surface area contributed by atoms with Crippen LogP contribution in [0.25, 0.3) is 33.4 Å². The third kappa shape index (κ3) is 7.40. The molecule has 0 unspecified atom stereocenters. The predicted molar refractivity (Wildman–Crippen MR) is 182 cm³/mol. The molecule has 0 saturated heterocycles. The van der Waals surface area contributed by atoms with E-state index in [0.29, 0.717) is 0 Å². The van der Waals surface area contributed by atoms with Gasteiger partial charge in [-0.15, -0.1) is 0 Å². The Hall–Kier alpha value is -3.65. The molecule has 0 aliphatic rings. The Morgan fingerprint density at radius 2 is 0.952 bits per heavy atom. The van der Waals surface area contributed by atoms with Crippen LogP contribution in [0.3, 0.4) is 0 Å². The Bertz CT molecular complexity index is 1970. The number of nitrogens with two attached hydrogens (primary N) is 2. The topological polar surface area (TPSA) is 126 Å². The zero-order valence-electron chi connectivity index (χ0n) is 21.6. The molecule has 0 amide bonds. The second-order valence-electron chi connectivity index (χ2n) is 8.77. The maximum atomic E-state index is 5.79. The molecule has 0 fully saturated rings. The van der Waals surface area contributed by atoms with Crippen LogP contribution in [0.4, 0.5) is 11.4 Å². The third-order valence-electron chi connectivity index (χ3n) is 5.75. The average Bonchev–Trinajstić information content (AvgIpc) is 3.57. The van der Waals surface area contributed by atoms with Crippen molar-refractivity contribution in [1.29, 1.82) is 0 Å². The monoisotopic (exact) mass is 811 g/mol. The van der Waals surface area contributed by atoms with Crippen LogP contribution in [0.1, 0.15) is 0 Å². The minimum atomic E-state index is 0.718. The van der Waals surface area contributed by atoms with E-state index in [1.54, 1.807) is 49.8 Å². The van der Waals surface area contributed by atoms with Gasteiger partial charge in [0.2, 0.25) is 0 Å². The maximum absolute atomic E-state index is 5.79. The lowest BCUT2D eigenvalue weighted by Crippen LogP contribution is -1.93. The number of anilines is 2. The Morgan fingerprint density at radius 3 is 1.50 bits per heavy atom. The second kappa shape index (κ2) is 13.6. The number of imidazole rings is 2. The zero-order chi connectivity index (χ0) is 29.6. The summed E-state index contributed by atoms with van der Waals surface area (Å²) in [6.07, 6.45) is 14.1. The number of nitrogens with zero attached hydrogens (tertiary/aromatic N) is 7. The molecular weight excluding hydrogens is 794 g/mol. The first-order valence-electron chi connectivity index (χ1n) is 12.2. The van der Waals surface area contributed by atoms with Crippen LogP contribution in [-0.4, -0.2) is 34.1 Å². The van der Waals surface area contributed by atoms with Crippen molar-refractivity contribution >= 4 is 97.2 Å². The van der Waals surface area contributed by atoms with E-state index in [9.17, 15) is 0 Å². The molecule has 42 heavy (non-hydrogen) atoms. The summed E-state index contributed by atoms with van der Waals surface area (Å²) in [6, 6.07) is 17.3. The van der Waals surface area contributed by atoms with Crippen molar-refractivity contribution in [1.82, 2.24) is 34.1 Å². The molecule has 5 heterocycles. The Morgan fingerprint density at radius 1 is 0.476 bits per heavy atom. The molecule has 7 rings (SSSR count). The average molecular weight is 815 g/mol. The van der Waals surface area contributed by atoms with Crippen molar-refractivity contribution in [2.75, 3.05) is 11.5 Å². The first-order valence-corrected chi connectivity index (χ1v) is 15.4. The molecule has 0 bridgehead atoms. The molecule has 0 aliphatic heterocycles. The minimum Gasteiger partial charge on any atom is -0.399 e. The fourth-order valence-electron chi connectivity index (χ4n) is 3.92. The highest BCUT2D eigenvalue weighted by atomic mass is 79.9. The van der Waals surface area contributed by atoms with Gasteiger partial charge in [-0.1, -0.05) is 0 Å². The quantitative estimate of drug-likeness (QED) is 0.169. The van der Waals surface area contributed by atoms with Crippen LogP contribution in [0.15, 0.2) is 122 Å². The van der Waals surface area contributed by atoms with Crippen LogP contribution in [0, 0.1) is 0 Å². The molecule has 0 spiro atoms. The highest BCUT2D eigenvalue weighted by Crippen LogP contribution is 2.23. The summed E-state index contributed by atoms with van der Waals surface area (Å²) >= 11 is 13.4. The van der Waals surface area contributed by atoms with Crippen LogP contribution in [0.2, 0.25) is 0 Å². The van der Waals surface area contributed by atoms with Gasteiger partial charge in [0.15, 0.2) is 0 Å². The molecular formula is C29H21Br4N9. The van der Waals surface area contributed by atoms with Gasteiger partial charge < -0.3 is 11.5 Å². The molecule has 0 saturated carbocycles. The lowest BCUT2D eigenvalue weighted by atomic mass is 10.2. The van der Waals surface area contributed by atoms with Crippen LogP contribution >= 0.6 is 63.7 Å². The van der Waals surface area contributed by atoms with Gasteiger partial charge in [-0.25, -0.2) is 9.97 Å². The van der Waals surface area contributed by atoms with E-state index in [-0.39, 0.29) is 0 Å². The predicted octanol–water partition coefficient (Wildman–Crippen LogP) is 8.14. The maximum Gasteiger partial charge on any atom is 0.100 e. The number of aromatic nitrogens is 7. The molecule has 210 valence electrons. The molecule has 0 atom stereocenters. The van der Waals surface area contributed by atoms with Gasteiger partial charge >= 0.3 is 0 Å². The minimum absolute atomic E-state index is 0.718. The lowest BCUT2D eigenvalue weighted by Gasteiger charge is -2.04. The Kier molecular flexibility index (Phi) is 9.62. The molecule has 4 N–H and O–H groups in total. The largest absolute Gasteiger partial charge is 0.399 e. The Balaban J connectivity index is 0.000000135. The summed E-state index contributed by atoms with van der Waals surface area (Å²) in [5.74, 6) is 0. The lowest BCUT2D eigenvalue weighted by molar-refractivity contribution is 1.07. The van der Waals surface area contributed by atoms with E-state index in [4.69, 9.17) is 11.5 Å². The van der Waals surface area contributed by atoms with E-state index in [1.165, 1.54) is 0 Å². The number of fused-ring (bicyclic) bond motifs is 2. The van der Waals surface area contributed by atoms with E-state index in [0.717, 1.165) is 62.7 Å². The van der Waals surface area contributed by atoms with Gasteiger partial charge in [-0.2, -0.15) is 0 Å². The molecule has 0 aliphatic carbocycles. The van der Waals surface area contributed by atoms with E-state index in [2.05, 4.69) is 88.6 Å². The van der Waals surface area contributed by atoms with Crippen molar-refractivity contribution in [3.8, 4) is 11.4 Å². The molecule has 2 aromatic carbocycles. The van der Waals surface area contributed by atoms with Crippen LogP contribution in [-0.2, 0) is 0 Å². The highest BCUT2D eigenvalue weighted by Gasteiger charge is 2.06. The van der Waals surface area contributed by atoms with E-state index in [1.807, 2.05) is 63.7 Å². The van der Waals surface area contributed by atoms with Gasteiger partial charge in [0.05, 0.1) is 45.8 Å². The van der Waals surface area contributed by atoms with E-state index >= 15 is 0 Å². The number of nitrogen functional groups attached to an aromatic ring is 2. The number of benzene rings is 2. The fraction of sp³-hybridized carbons (Fsp3) is 0. The van der Waals surface area contributed by atoms with Crippen molar-refractivity contribution < 1.29 is 0 Å². The van der Waals surface area contributed by atoms with Crippen LogP contribution < -0.4 is 11.5 Å². The number of halogens is 4. The van der Waals surface area contributed by atoms with Gasteiger partial charge in [0.25, 0.3) is 0 Å². The summed E-state index contributed by atoms with van der Waals surface area (Å²) in [7, 11) is 0. The van der Waals surface area contributed by atoms with Crippen molar-refractivity contribution in [2.24, 2.45) is 0 Å². The number of pyridine rings is 3. The molecule has 0 radical (unpaired) electrons. The highest BCUT2D eigenvalue weighted by molar-refractivity contribution is 9.11. The fourth-order valence-corrected chi connectivity index (χ4v) is 5.66. The van der Waals surface area contributed by atoms with Crippen molar-refractivity contribution in [2.45, 2.75) is 0 Å². The molecule has 7 aromatic rings. The van der Waals surface area contributed by atoms with Gasteiger partial charge in [-0.3, -0.25) is 24.1 Å². The summed E-state index contributed by atoms with van der Waals surface area (Å²) < 4.78 is 7.79. The molecule has 9 nitrogen and oxygen atoms in total. The number of hydrogen-bond acceptors (Lipinski definition) is 7. The SMILES string of the molecule is Brc1cncc(Br)c1.Nc1ccc2c(c1)ncn2-c1cncc(Br)c1.Nc1ccc2ncn(-c3cncc(Br)c3)c2c1. The van der Waals surface area contributed by atoms with E-state index < -0.39 is 0 Å². The first kappa shape index (κ1) is 29.8. The normalized spacial score (nSPS) is 10.6. The molecule has 13 heteroatoms. The van der Waals surface area contributed by atoms with Crippen LogP contribution in [0.5, 0.6) is 0 Å². The second-order valence-corrected chi connectivity index (χ2v) is 12.4. The number of hydrogen-bond donors (Lipinski definition) is 2. The summed E-state index contributed by atoms with van der Waals surface area (Å²) in [4.78, 5) is 20.8. The van der Waals surface area contributed by atoms with Gasteiger partial charge in [-0.05, 0) is 118 Å². The summed E-state index contributed by atoms with van der Waals surface area (Å²) in [6.45, 7) is 0. The zero-order valence-corrected chi connectivity index (χ0v) is 28.0. The summed E-state index contributed by atoms with van der Waals surface area (Å²) in [5, 5.41) is 0.